The van der Waals surface area contributed by atoms with E-state index in [1.54, 1.807) is 18.3 Å². The van der Waals surface area contributed by atoms with Gasteiger partial charge in [-0.3, -0.25) is 0 Å². The van der Waals surface area contributed by atoms with Crippen molar-refractivity contribution in [1.82, 2.24) is 10.3 Å². The van der Waals surface area contributed by atoms with Gasteiger partial charge in [-0.05, 0) is 38.4 Å². The van der Waals surface area contributed by atoms with Gasteiger partial charge in [0.15, 0.2) is 0 Å². The first kappa shape index (κ1) is 10.7. The Morgan fingerprint density at radius 2 is 2.53 bits per heavy atom. The van der Waals surface area contributed by atoms with Gasteiger partial charge in [0.25, 0.3) is 0 Å². The second kappa shape index (κ2) is 4.81. The molecular formula is C11H15ClN2O. The molecule has 0 aromatic carbocycles. The summed E-state index contributed by atoms with van der Waals surface area (Å²) in [5.74, 6) is 0.528. The fourth-order valence-electron chi connectivity index (χ4n) is 1.83. The number of pyridine rings is 1. The van der Waals surface area contributed by atoms with Gasteiger partial charge in [0.2, 0.25) is 5.88 Å². The van der Waals surface area contributed by atoms with Gasteiger partial charge in [0.05, 0.1) is 0 Å². The summed E-state index contributed by atoms with van der Waals surface area (Å²) in [5, 5.41) is 3.97. The molecule has 1 saturated heterocycles. The van der Waals surface area contributed by atoms with E-state index >= 15 is 0 Å². The minimum atomic E-state index is 0.111. The molecule has 1 aliphatic rings. The topological polar surface area (TPSA) is 34.1 Å². The Kier molecular flexibility index (Phi) is 3.44. The molecule has 0 aliphatic carbocycles. The lowest BCUT2D eigenvalue weighted by Crippen LogP contribution is -2.36. The van der Waals surface area contributed by atoms with Crippen LogP contribution in [0.1, 0.15) is 19.8 Å². The Balaban J connectivity index is 1.99. The van der Waals surface area contributed by atoms with Gasteiger partial charge < -0.3 is 10.1 Å². The normalized spacial score (nSPS) is 22.7. The number of hydrogen-bond acceptors (Lipinski definition) is 3. The van der Waals surface area contributed by atoms with E-state index in [4.69, 9.17) is 16.3 Å². The predicted molar refractivity (Wildman–Crippen MR) is 60.4 cm³/mol. The molecule has 15 heavy (non-hydrogen) atoms. The van der Waals surface area contributed by atoms with Crippen molar-refractivity contribution in [2.24, 2.45) is 0 Å². The van der Waals surface area contributed by atoms with E-state index in [1.807, 2.05) is 6.92 Å². The third kappa shape index (κ3) is 2.61. The van der Waals surface area contributed by atoms with Gasteiger partial charge in [0.1, 0.15) is 11.1 Å². The Morgan fingerprint density at radius 1 is 1.67 bits per heavy atom. The molecule has 0 radical (unpaired) electrons. The SMILES string of the molecule is CC(Oc1ncccc1Cl)C1CCCN1. The van der Waals surface area contributed by atoms with Crippen LogP contribution in [0.5, 0.6) is 5.88 Å². The van der Waals surface area contributed by atoms with Crippen molar-refractivity contribution in [1.29, 1.82) is 0 Å². The molecule has 2 heterocycles. The van der Waals surface area contributed by atoms with E-state index in [2.05, 4.69) is 10.3 Å². The molecule has 1 aliphatic heterocycles. The van der Waals surface area contributed by atoms with Crippen molar-refractivity contribution in [3.05, 3.63) is 23.4 Å². The second-order valence-electron chi connectivity index (χ2n) is 3.82. The van der Waals surface area contributed by atoms with Gasteiger partial charge in [-0.1, -0.05) is 11.6 Å². The lowest BCUT2D eigenvalue weighted by molar-refractivity contribution is 0.173. The molecule has 2 atom stereocenters. The smallest absolute Gasteiger partial charge is 0.232 e. The summed E-state index contributed by atoms with van der Waals surface area (Å²) < 4.78 is 5.72. The van der Waals surface area contributed by atoms with Crippen LogP contribution in [0.2, 0.25) is 5.02 Å². The highest BCUT2D eigenvalue weighted by atomic mass is 35.5. The Morgan fingerprint density at radius 3 is 3.20 bits per heavy atom. The molecular weight excluding hydrogens is 212 g/mol. The highest BCUT2D eigenvalue weighted by molar-refractivity contribution is 6.31. The lowest BCUT2D eigenvalue weighted by Gasteiger charge is -2.20. The number of hydrogen-bond donors (Lipinski definition) is 1. The summed E-state index contributed by atoms with van der Waals surface area (Å²) in [4.78, 5) is 4.11. The first-order valence-corrected chi connectivity index (χ1v) is 5.66. The maximum atomic E-state index is 5.97. The fourth-order valence-corrected chi connectivity index (χ4v) is 1.99. The van der Waals surface area contributed by atoms with Crippen LogP contribution in [0.25, 0.3) is 0 Å². The van der Waals surface area contributed by atoms with Crippen LogP contribution >= 0.6 is 11.6 Å². The van der Waals surface area contributed by atoms with Crippen molar-refractivity contribution < 1.29 is 4.74 Å². The van der Waals surface area contributed by atoms with Crippen molar-refractivity contribution in [3.8, 4) is 5.88 Å². The van der Waals surface area contributed by atoms with Crippen LogP contribution in [0.4, 0.5) is 0 Å². The summed E-state index contributed by atoms with van der Waals surface area (Å²) >= 11 is 5.97. The molecule has 0 bridgehead atoms. The minimum Gasteiger partial charge on any atom is -0.472 e. The van der Waals surface area contributed by atoms with E-state index in [1.165, 1.54) is 6.42 Å². The zero-order valence-electron chi connectivity index (χ0n) is 8.74. The van der Waals surface area contributed by atoms with E-state index in [-0.39, 0.29) is 6.10 Å². The number of ether oxygens (including phenoxy) is 1. The van der Waals surface area contributed by atoms with Crippen LogP contribution in [-0.2, 0) is 0 Å². The highest BCUT2D eigenvalue weighted by Gasteiger charge is 2.23. The number of nitrogens with zero attached hydrogens (tertiary/aromatic N) is 1. The van der Waals surface area contributed by atoms with Gasteiger partial charge in [-0.25, -0.2) is 4.98 Å². The molecule has 1 N–H and O–H groups in total. The summed E-state index contributed by atoms with van der Waals surface area (Å²) in [6.07, 6.45) is 4.18. The van der Waals surface area contributed by atoms with Crippen LogP contribution in [0.3, 0.4) is 0 Å². The molecule has 2 rings (SSSR count). The molecule has 1 aromatic rings. The second-order valence-corrected chi connectivity index (χ2v) is 4.22. The number of nitrogens with one attached hydrogen (secondary N) is 1. The molecule has 0 spiro atoms. The van der Waals surface area contributed by atoms with E-state index in [9.17, 15) is 0 Å². The number of rotatable bonds is 3. The fraction of sp³-hybridized carbons (Fsp3) is 0.545. The van der Waals surface area contributed by atoms with Crippen molar-refractivity contribution >= 4 is 11.6 Å². The van der Waals surface area contributed by atoms with E-state index in [0.29, 0.717) is 16.9 Å². The summed E-state index contributed by atoms with van der Waals surface area (Å²) in [6.45, 7) is 3.13. The number of aromatic nitrogens is 1. The first-order valence-electron chi connectivity index (χ1n) is 5.28. The van der Waals surface area contributed by atoms with E-state index < -0.39 is 0 Å². The molecule has 4 heteroatoms. The lowest BCUT2D eigenvalue weighted by atomic mass is 10.1. The standard InChI is InChI=1S/C11H15ClN2O/c1-8(10-5-3-6-13-10)15-11-9(12)4-2-7-14-11/h2,4,7-8,10,13H,3,5-6H2,1H3. The molecule has 0 saturated carbocycles. The quantitative estimate of drug-likeness (QED) is 0.859. The summed E-state index contributed by atoms with van der Waals surface area (Å²) in [6, 6.07) is 4.01. The van der Waals surface area contributed by atoms with Gasteiger partial charge in [-0.15, -0.1) is 0 Å². The summed E-state index contributed by atoms with van der Waals surface area (Å²) in [5.41, 5.74) is 0. The molecule has 1 fully saturated rings. The average molecular weight is 227 g/mol. The zero-order valence-corrected chi connectivity index (χ0v) is 9.50. The monoisotopic (exact) mass is 226 g/mol. The van der Waals surface area contributed by atoms with Gasteiger partial charge in [-0.2, -0.15) is 0 Å². The van der Waals surface area contributed by atoms with Crippen LogP contribution < -0.4 is 10.1 Å². The third-order valence-electron chi connectivity index (χ3n) is 2.69. The molecule has 82 valence electrons. The minimum absolute atomic E-state index is 0.111. The third-order valence-corrected chi connectivity index (χ3v) is 2.97. The van der Waals surface area contributed by atoms with Crippen LogP contribution in [-0.4, -0.2) is 23.7 Å². The molecule has 0 amide bonds. The Hall–Kier alpha value is -0.800. The van der Waals surface area contributed by atoms with E-state index in [0.717, 1.165) is 13.0 Å². The zero-order chi connectivity index (χ0) is 10.7. The maximum Gasteiger partial charge on any atom is 0.232 e. The predicted octanol–water partition coefficient (Wildman–Crippen LogP) is 2.25. The molecule has 2 unspecified atom stereocenters. The Labute approximate surface area is 94.8 Å². The van der Waals surface area contributed by atoms with Crippen molar-refractivity contribution in [2.75, 3.05) is 6.54 Å². The van der Waals surface area contributed by atoms with Crippen LogP contribution in [0.15, 0.2) is 18.3 Å². The Bertz CT molecular complexity index is 326. The summed E-state index contributed by atoms with van der Waals surface area (Å²) in [7, 11) is 0. The number of halogens is 1. The average Bonchev–Trinajstić information content (AvgIpc) is 2.74. The molecule has 1 aromatic heterocycles. The first-order chi connectivity index (χ1) is 7.27. The van der Waals surface area contributed by atoms with Crippen molar-refractivity contribution in [3.63, 3.8) is 0 Å². The largest absolute Gasteiger partial charge is 0.472 e. The highest BCUT2D eigenvalue weighted by Crippen LogP contribution is 2.23. The van der Waals surface area contributed by atoms with Crippen LogP contribution in [0, 0.1) is 0 Å². The van der Waals surface area contributed by atoms with Gasteiger partial charge >= 0.3 is 0 Å². The van der Waals surface area contributed by atoms with Crippen molar-refractivity contribution in [2.45, 2.75) is 31.9 Å². The molecule has 3 nitrogen and oxygen atoms in total. The van der Waals surface area contributed by atoms with Gasteiger partial charge in [0, 0.05) is 12.2 Å². The maximum absolute atomic E-state index is 5.97.